The molecule has 0 aromatic heterocycles. The van der Waals surface area contributed by atoms with Gasteiger partial charge >= 0.3 is 6.09 Å². The van der Waals surface area contributed by atoms with Gasteiger partial charge in [0.2, 0.25) is 0 Å². The van der Waals surface area contributed by atoms with Gasteiger partial charge in [-0.05, 0) is 84.4 Å². The number of alkyl carbamates (subject to hydrolysis) is 1. The van der Waals surface area contributed by atoms with E-state index in [1.165, 1.54) is 18.0 Å². The van der Waals surface area contributed by atoms with E-state index in [4.69, 9.17) is 22.1 Å². The monoisotopic (exact) mass is 514 g/mol. The van der Waals surface area contributed by atoms with Crippen molar-refractivity contribution >= 4 is 35.4 Å². The van der Waals surface area contributed by atoms with E-state index in [2.05, 4.69) is 10.3 Å². The quantitative estimate of drug-likeness (QED) is 0.292. The minimum Gasteiger partial charge on any atom is -0.444 e. The highest BCUT2D eigenvalue weighted by Gasteiger charge is 2.18. The lowest BCUT2D eigenvalue weighted by Gasteiger charge is -2.19. The lowest BCUT2D eigenvalue weighted by Crippen LogP contribution is -2.32. The maximum atomic E-state index is 14.6. The number of ether oxygens (including phenoxy) is 1. The molecule has 1 amide bonds. The van der Waals surface area contributed by atoms with Crippen LogP contribution in [0.4, 0.5) is 9.18 Å². The van der Waals surface area contributed by atoms with E-state index < -0.39 is 23.6 Å². The first-order valence-corrected chi connectivity index (χ1v) is 12.0. The Labute approximate surface area is 211 Å². The fraction of sp³-hybridized carbons (Fsp3) is 0.500. The van der Waals surface area contributed by atoms with Crippen LogP contribution in [-0.2, 0) is 11.3 Å². The fourth-order valence-electron chi connectivity index (χ4n) is 2.80. The van der Waals surface area contributed by atoms with Crippen molar-refractivity contribution in [2.45, 2.75) is 64.2 Å². The summed E-state index contributed by atoms with van der Waals surface area (Å²) in [6.07, 6.45) is -0.531. The van der Waals surface area contributed by atoms with Crippen LogP contribution >= 0.6 is 23.5 Å². The molecular formula is C24H36ClFN4O3S. The second-order valence-electron chi connectivity index (χ2n) is 8.92. The van der Waals surface area contributed by atoms with E-state index in [-0.39, 0.29) is 19.5 Å². The lowest BCUT2D eigenvalue weighted by molar-refractivity contribution is 0.0534. The summed E-state index contributed by atoms with van der Waals surface area (Å²) in [5.41, 5.74) is 7.25. The SMILES string of the molecule is CC(N)=C(C/C(F)=C/CNC(=O)OC(C)(C)C)C(=NCc1ccc(SN(C)C)c(Cl)c1)C(C)O. The number of aliphatic imine (C=N–C) groups is 1. The fourth-order valence-corrected chi connectivity index (χ4v) is 3.78. The zero-order valence-electron chi connectivity index (χ0n) is 20.9. The standard InChI is InChI=1S/C24H36ClFN4O3S/c1-15(27)19(13-18(26)10-11-28-23(32)33-24(3,4)5)22(16(2)31)29-14-17-8-9-21(20(25)12-17)34-30(6)7/h8-10,12,16,31H,11,13-14,27H2,1-7H3,(H,28,32)/b18-10-,19-15?,29-22?. The Morgan fingerprint density at radius 3 is 2.56 bits per heavy atom. The largest absolute Gasteiger partial charge is 0.444 e. The maximum absolute atomic E-state index is 14.6. The van der Waals surface area contributed by atoms with Gasteiger partial charge in [0.25, 0.3) is 0 Å². The van der Waals surface area contributed by atoms with E-state index in [1.807, 2.05) is 36.6 Å². The van der Waals surface area contributed by atoms with Crippen molar-refractivity contribution in [3.63, 3.8) is 0 Å². The van der Waals surface area contributed by atoms with Gasteiger partial charge in [-0.25, -0.2) is 9.18 Å². The summed E-state index contributed by atoms with van der Waals surface area (Å²) in [5.74, 6) is -0.516. The van der Waals surface area contributed by atoms with Crippen molar-refractivity contribution in [3.05, 3.63) is 52.0 Å². The Morgan fingerprint density at radius 1 is 1.41 bits per heavy atom. The number of hydrogen-bond acceptors (Lipinski definition) is 7. The zero-order chi connectivity index (χ0) is 26.1. The topological polar surface area (TPSA) is 100 Å². The number of carbonyl (C=O) groups is 1. The van der Waals surface area contributed by atoms with Crippen molar-refractivity contribution in [1.29, 1.82) is 0 Å². The molecule has 1 aromatic carbocycles. The second-order valence-corrected chi connectivity index (χ2v) is 10.7. The van der Waals surface area contributed by atoms with Crippen molar-refractivity contribution in [1.82, 2.24) is 9.62 Å². The molecule has 4 N–H and O–H groups in total. The van der Waals surface area contributed by atoms with Crippen molar-refractivity contribution < 1.29 is 19.0 Å². The van der Waals surface area contributed by atoms with Crippen LogP contribution in [0.5, 0.6) is 0 Å². The average Bonchev–Trinajstić information content (AvgIpc) is 2.67. The Bertz CT molecular complexity index is 937. The highest BCUT2D eigenvalue weighted by atomic mass is 35.5. The molecule has 0 radical (unpaired) electrons. The van der Waals surface area contributed by atoms with E-state index in [1.54, 1.807) is 34.6 Å². The van der Waals surface area contributed by atoms with Gasteiger partial charge in [-0.2, -0.15) is 0 Å². The molecule has 1 atom stereocenters. The molecule has 0 heterocycles. The minimum absolute atomic E-state index is 0.0470. The van der Waals surface area contributed by atoms with Crippen molar-refractivity contribution in [3.8, 4) is 0 Å². The smallest absolute Gasteiger partial charge is 0.407 e. The molecule has 1 aromatic rings. The number of nitrogens with two attached hydrogens (primary N) is 1. The van der Waals surface area contributed by atoms with Crippen LogP contribution in [0.3, 0.4) is 0 Å². The molecule has 0 fully saturated rings. The predicted molar refractivity (Wildman–Crippen MR) is 139 cm³/mol. The molecule has 0 spiro atoms. The van der Waals surface area contributed by atoms with Gasteiger partial charge in [-0.3, -0.25) is 9.30 Å². The highest BCUT2D eigenvalue weighted by molar-refractivity contribution is 7.97. The first-order valence-electron chi connectivity index (χ1n) is 10.8. The number of benzene rings is 1. The summed E-state index contributed by atoms with van der Waals surface area (Å²) in [5, 5.41) is 13.4. The van der Waals surface area contributed by atoms with Gasteiger partial charge in [-0.1, -0.05) is 17.7 Å². The van der Waals surface area contributed by atoms with Crippen LogP contribution in [0, 0.1) is 0 Å². The van der Waals surface area contributed by atoms with Crippen LogP contribution in [0.15, 0.2) is 51.3 Å². The Morgan fingerprint density at radius 2 is 2.06 bits per heavy atom. The normalized spacial score (nSPS) is 14.7. The van der Waals surface area contributed by atoms with Gasteiger partial charge in [0.1, 0.15) is 11.4 Å². The first-order chi connectivity index (χ1) is 15.7. The van der Waals surface area contributed by atoms with Crippen molar-refractivity contribution in [2.75, 3.05) is 20.6 Å². The van der Waals surface area contributed by atoms with E-state index in [0.29, 0.717) is 22.0 Å². The molecule has 190 valence electrons. The first kappa shape index (κ1) is 30.0. The summed E-state index contributed by atoms with van der Waals surface area (Å²) >= 11 is 7.88. The van der Waals surface area contributed by atoms with Crippen molar-refractivity contribution in [2.24, 2.45) is 10.7 Å². The van der Waals surface area contributed by atoms with Crippen LogP contribution < -0.4 is 11.1 Å². The molecule has 0 aliphatic heterocycles. The molecule has 0 aliphatic rings. The number of aliphatic hydroxyl groups excluding tert-OH is 1. The molecule has 7 nitrogen and oxygen atoms in total. The van der Waals surface area contributed by atoms with Gasteiger partial charge in [0, 0.05) is 29.1 Å². The number of rotatable bonds is 10. The molecule has 0 bridgehead atoms. The molecule has 0 saturated carbocycles. The molecule has 0 aliphatic carbocycles. The summed E-state index contributed by atoms with van der Waals surface area (Å²) in [6, 6.07) is 5.63. The van der Waals surface area contributed by atoms with Gasteiger partial charge in [0.15, 0.2) is 0 Å². The summed E-state index contributed by atoms with van der Waals surface area (Å²) in [4.78, 5) is 17.1. The van der Waals surface area contributed by atoms with Crippen LogP contribution in [0.2, 0.25) is 5.02 Å². The van der Waals surface area contributed by atoms with Crippen LogP contribution in [0.25, 0.3) is 0 Å². The number of nitrogens with one attached hydrogen (secondary N) is 1. The molecule has 0 saturated heterocycles. The molecule has 1 rings (SSSR count). The van der Waals surface area contributed by atoms with Gasteiger partial charge < -0.3 is 20.9 Å². The number of allylic oxidation sites excluding steroid dienone is 2. The Hall–Kier alpha value is -2.07. The minimum atomic E-state index is -0.958. The molecule has 10 heteroatoms. The van der Waals surface area contributed by atoms with E-state index in [0.717, 1.165) is 10.5 Å². The summed E-state index contributed by atoms with van der Waals surface area (Å²) in [7, 11) is 3.86. The Kier molecular flexibility index (Phi) is 12.1. The molecule has 1 unspecified atom stereocenters. The van der Waals surface area contributed by atoms with Crippen LogP contribution in [-0.4, -0.2) is 53.6 Å². The number of halogens is 2. The zero-order valence-corrected chi connectivity index (χ0v) is 22.5. The van der Waals surface area contributed by atoms with E-state index >= 15 is 0 Å². The average molecular weight is 515 g/mol. The van der Waals surface area contributed by atoms with Crippen LogP contribution in [0.1, 0.15) is 46.6 Å². The molecular weight excluding hydrogens is 479 g/mol. The third kappa shape index (κ3) is 11.4. The van der Waals surface area contributed by atoms with Gasteiger partial charge in [-0.15, -0.1) is 0 Å². The Balaban J connectivity index is 2.95. The highest BCUT2D eigenvalue weighted by Crippen LogP contribution is 2.29. The number of carbonyl (C=O) groups excluding carboxylic acids is 1. The summed E-state index contributed by atoms with van der Waals surface area (Å²) in [6.45, 7) is 8.61. The number of amides is 1. The lowest BCUT2D eigenvalue weighted by atomic mass is 10.00. The summed E-state index contributed by atoms with van der Waals surface area (Å²) < 4.78 is 21.7. The third-order valence-electron chi connectivity index (χ3n) is 4.20. The second kappa shape index (κ2) is 13.7. The molecule has 34 heavy (non-hydrogen) atoms. The van der Waals surface area contributed by atoms with E-state index in [9.17, 15) is 14.3 Å². The predicted octanol–water partition coefficient (Wildman–Crippen LogP) is 5.23. The number of hydrogen-bond donors (Lipinski definition) is 3. The van der Waals surface area contributed by atoms with Gasteiger partial charge in [0.05, 0.1) is 23.4 Å². The number of nitrogens with zero attached hydrogens (tertiary/aromatic N) is 2. The third-order valence-corrected chi connectivity index (χ3v) is 5.55. The number of aliphatic hydroxyl groups is 1. The maximum Gasteiger partial charge on any atom is 0.407 e.